The summed E-state index contributed by atoms with van der Waals surface area (Å²) in [6, 6.07) is -0.187. The number of piperidine rings is 1. The zero-order chi connectivity index (χ0) is 12.1. The first kappa shape index (κ1) is 13.5. The Hall–Kier alpha value is -0.610. The highest BCUT2D eigenvalue weighted by Crippen LogP contribution is 2.20. The topological polar surface area (TPSA) is 58.4 Å². The Bertz CT molecular complexity index is 222. The Morgan fingerprint density at radius 2 is 2.00 bits per heavy atom. The Labute approximate surface area is 98.6 Å². The number of likely N-dealkylation sites (tertiary alicyclic amines) is 1. The van der Waals surface area contributed by atoms with Gasteiger partial charge in [0, 0.05) is 19.6 Å². The third-order valence-electron chi connectivity index (χ3n) is 3.37. The molecule has 1 amide bonds. The van der Waals surface area contributed by atoms with Crippen LogP contribution in [0.5, 0.6) is 0 Å². The lowest BCUT2D eigenvalue weighted by molar-refractivity contribution is -0.120. The zero-order valence-electron chi connectivity index (χ0n) is 10.7. The summed E-state index contributed by atoms with van der Waals surface area (Å²) < 4.78 is 0. The third kappa shape index (κ3) is 4.10. The van der Waals surface area contributed by atoms with Gasteiger partial charge in [-0.15, -0.1) is 0 Å². The van der Waals surface area contributed by atoms with Gasteiger partial charge in [-0.05, 0) is 31.7 Å². The van der Waals surface area contributed by atoms with Gasteiger partial charge in [0.25, 0.3) is 0 Å². The predicted molar refractivity (Wildman–Crippen MR) is 66.0 cm³/mol. The van der Waals surface area contributed by atoms with E-state index < -0.39 is 0 Å². The van der Waals surface area contributed by atoms with Crippen molar-refractivity contribution < 1.29 is 4.79 Å². The molecule has 0 aromatic carbocycles. The van der Waals surface area contributed by atoms with E-state index in [0.717, 1.165) is 37.9 Å². The van der Waals surface area contributed by atoms with Gasteiger partial charge in [0.1, 0.15) is 0 Å². The highest BCUT2D eigenvalue weighted by molar-refractivity contribution is 5.79. The maximum atomic E-state index is 11.1. The van der Waals surface area contributed by atoms with Crippen LogP contribution in [0.3, 0.4) is 0 Å². The first-order valence-electron chi connectivity index (χ1n) is 6.21. The Kier molecular flexibility index (Phi) is 5.22. The second-order valence-corrected chi connectivity index (χ2v) is 5.24. The lowest BCUT2D eigenvalue weighted by Gasteiger charge is -2.35. The smallest absolute Gasteiger partial charge is 0.234 e. The largest absolute Gasteiger partial charge is 0.368 e. The summed E-state index contributed by atoms with van der Waals surface area (Å²) in [5.74, 6) is 1.29. The maximum Gasteiger partial charge on any atom is 0.234 e. The lowest BCUT2D eigenvalue weighted by atomic mass is 9.91. The van der Waals surface area contributed by atoms with Crippen LogP contribution in [0.15, 0.2) is 0 Å². The van der Waals surface area contributed by atoms with Gasteiger partial charge in [-0.25, -0.2) is 0 Å². The Morgan fingerprint density at radius 3 is 2.44 bits per heavy atom. The van der Waals surface area contributed by atoms with Crippen molar-refractivity contribution in [3.05, 3.63) is 0 Å². The second-order valence-electron chi connectivity index (χ2n) is 5.24. The molecule has 16 heavy (non-hydrogen) atoms. The average molecular weight is 227 g/mol. The van der Waals surface area contributed by atoms with Crippen LogP contribution in [0.1, 0.15) is 26.7 Å². The fourth-order valence-corrected chi connectivity index (χ4v) is 2.72. The van der Waals surface area contributed by atoms with Crippen LogP contribution in [0.25, 0.3) is 0 Å². The van der Waals surface area contributed by atoms with Crippen LogP contribution in [0, 0.1) is 11.8 Å². The van der Waals surface area contributed by atoms with Gasteiger partial charge in [0.05, 0.1) is 6.04 Å². The van der Waals surface area contributed by atoms with Gasteiger partial charge in [-0.1, -0.05) is 13.8 Å². The molecular weight excluding hydrogens is 202 g/mol. The summed E-state index contributed by atoms with van der Waals surface area (Å²) in [4.78, 5) is 13.5. The van der Waals surface area contributed by atoms with Crippen molar-refractivity contribution in [3.8, 4) is 0 Å². The number of rotatable bonds is 5. The molecule has 0 spiro atoms. The summed E-state index contributed by atoms with van der Waals surface area (Å²) in [5.41, 5.74) is 5.30. The quantitative estimate of drug-likeness (QED) is 0.716. The normalized spacial score (nSPS) is 28.9. The molecule has 3 atom stereocenters. The van der Waals surface area contributed by atoms with E-state index in [4.69, 9.17) is 5.73 Å². The van der Waals surface area contributed by atoms with Crippen LogP contribution >= 0.6 is 0 Å². The molecular formula is C12H25N3O. The number of carbonyl (C=O) groups excluding carboxylic acids is 1. The molecule has 1 heterocycles. The van der Waals surface area contributed by atoms with E-state index in [-0.39, 0.29) is 11.9 Å². The highest BCUT2D eigenvalue weighted by atomic mass is 16.1. The van der Waals surface area contributed by atoms with E-state index >= 15 is 0 Å². The molecule has 1 aliphatic rings. The monoisotopic (exact) mass is 227 g/mol. The number of likely N-dealkylation sites (N-methyl/N-ethyl adjacent to an activating group) is 1. The minimum Gasteiger partial charge on any atom is -0.368 e. The van der Waals surface area contributed by atoms with Crippen LogP contribution < -0.4 is 11.1 Å². The molecule has 3 unspecified atom stereocenters. The Balaban J connectivity index is 2.33. The average Bonchev–Trinajstić information content (AvgIpc) is 2.16. The number of hydrogen-bond donors (Lipinski definition) is 2. The molecule has 0 aromatic rings. The lowest BCUT2D eigenvalue weighted by Crippen LogP contribution is -2.44. The summed E-state index contributed by atoms with van der Waals surface area (Å²) in [6.45, 7) is 7.86. The van der Waals surface area contributed by atoms with Crippen molar-refractivity contribution in [2.45, 2.75) is 32.7 Å². The van der Waals surface area contributed by atoms with Crippen LogP contribution in [-0.2, 0) is 4.79 Å². The molecule has 1 saturated heterocycles. The van der Waals surface area contributed by atoms with Gasteiger partial charge < -0.3 is 16.0 Å². The molecule has 0 radical (unpaired) electrons. The summed E-state index contributed by atoms with van der Waals surface area (Å²) in [7, 11) is 1.79. The number of nitrogens with one attached hydrogen (secondary N) is 1. The van der Waals surface area contributed by atoms with Crippen LogP contribution in [-0.4, -0.2) is 43.5 Å². The molecule has 1 rings (SSSR count). The minimum atomic E-state index is -0.249. The van der Waals surface area contributed by atoms with E-state index in [2.05, 4.69) is 24.1 Å². The van der Waals surface area contributed by atoms with E-state index in [1.807, 2.05) is 0 Å². The van der Waals surface area contributed by atoms with E-state index in [1.165, 1.54) is 6.42 Å². The van der Waals surface area contributed by atoms with Gasteiger partial charge in [0.15, 0.2) is 0 Å². The first-order valence-corrected chi connectivity index (χ1v) is 6.21. The molecule has 3 N–H and O–H groups in total. The van der Waals surface area contributed by atoms with Gasteiger partial charge in [-0.3, -0.25) is 4.79 Å². The molecule has 0 saturated carbocycles. The fourth-order valence-electron chi connectivity index (χ4n) is 2.72. The standard InChI is InChI=1S/C12H25N3O/c1-9-6-10(2)8-15(7-9)5-4-11(14-3)12(13)16/h9-11,14H,4-8H2,1-3H3,(H2,13,16). The minimum absolute atomic E-state index is 0.187. The number of nitrogens with zero attached hydrogens (tertiary/aromatic N) is 1. The van der Waals surface area contributed by atoms with Gasteiger partial charge in [-0.2, -0.15) is 0 Å². The first-order chi connectivity index (χ1) is 7.52. The molecule has 1 aliphatic heterocycles. The van der Waals surface area contributed by atoms with Crippen molar-refractivity contribution in [3.63, 3.8) is 0 Å². The van der Waals surface area contributed by atoms with E-state index in [1.54, 1.807) is 7.05 Å². The van der Waals surface area contributed by atoms with E-state index in [9.17, 15) is 4.79 Å². The number of hydrogen-bond acceptors (Lipinski definition) is 3. The van der Waals surface area contributed by atoms with Crippen molar-refractivity contribution in [2.24, 2.45) is 17.6 Å². The fraction of sp³-hybridized carbons (Fsp3) is 0.917. The molecule has 0 aliphatic carbocycles. The number of primary amides is 1. The van der Waals surface area contributed by atoms with Gasteiger partial charge in [0.2, 0.25) is 5.91 Å². The maximum absolute atomic E-state index is 11.1. The summed E-state index contributed by atoms with van der Waals surface area (Å²) >= 11 is 0. The highest BCUT2D eigenvalue weighted by Gasteiger charge is 2.22. The molecule has 0 bridgehead atoms. The van der Waals surface area contributed by atoms with Crippen LogP contribution in [0.2, 0.25) is 0 Å². The van der Waals surface area contributed by atoms with Gasteiger partial charge >= 0.3 is 0 Å². The number of carbonyl (C=O) groups is 1. The molecule has 4 heteroatoms. The SMILES string of the molecule is CNC(CCN1CC(C)CC(C)C1)C(N)=O. The molecule has 0 aromatic heterocycles. The van der Waals surface area contributed by atoms with Crippen molar-refractivity contribution in [2.75, 3.05) is 26.7 Å². The third-order valence-corrected chi connectivity index (χ3v) is 3.37. The molecule has 1 fully saturated rings. The van der Waals surface area contributed by atoms with Crippen molar-refractivity contribution in [1.82, 2.24) is 10.2 Å². The van der Waals surface area contributed by atoms with Crippen LogP contribution in [0.4, 0.5) is 0 Å². The van der Waals surface area contributed by atoms with Crippen molar-refractivity contribution in [1.29, 1.82) is 0 Å². The number of amides is 1. The number of nitrogens with two attached hydrogens (primary N) is 1. The summed E-state index contributed by atoms with van der Waals surface area (Å²) in [5, 5.41) is 2.96. The molecule has 94 valence electrons. The molecule has 4 nitrogen and oxygen atoms in total. The predicted octanol–water partition coefficient (Wildman–Crippen LogP) is 0.428. The van der Waals surface area contributed by atoms with E-state index in [0.29, 0.717) is 0 Å². The second kappa shape index (κ2) is 6.21. The zero-order valence-corrected chi connectivity index (χ0v) is 10.7. The Morgan fingerprint density at radius 1 is 1.44 bits per heavy atom. The van der Waals surface area contributed by atoms with Crippen molar-refractivity contribution >= 4 is 5.91 Å². The summed E-state index contributed by atoms with van der Waals surface area (Å²) in [6.07, 6.45) is 2.13.